The minimum absolute atomic E-state index is 0.0521. The van der Waals surface area contributed by atoms with Gasteiger partial charge < -0.3 is 4.74 Å². The maximum absolute atomic E-state index is 11.4. The number of hydrogen-bond acceptors (Lipinski definition) is 3. The van der Waals surface area contributed by atoms with Crippen molar-refractivity contribution < 1.29 is 14.3 Å². The molecule has 0 radical (unpaired) electrons. The van der Waals surface area contributed by atoms with Crippen molar-refractivity contribution in [2.24, 2.45) is 11.8 Å². The molecule has 1 saturated carbocycles. The fourth-order valence-electron chi connectivity index (χ4n) is 2.28. The maximum Gasteiger partial charge on any atom is 0.316 e. The Labute approximate surface area is 84.8 Å². The molecule has 3 nitrogen and oxygen atoms in total. The van der Waals surface area contributed by atoms with Crippen molar-refractivity contribution in [2.45, 2.75) is 39.0 Å². The lowest BCUT2D eigenvalue weighted by atomic mass is 9.78. The van der Waals surface area contributed by atoms with Crippen molar-refractivity contribution in [3.05, 3.63) is 0 Å². The number of ketones is 1. The van der Waals surface area contributed by atoms with Crippen molar-refractivity contribution in [2.75, 3.05) is 7.11 Å². The number of carbonyl (C=O) groups is 2. The van der Waals surface area contributed by atoms with Gasteiger partial charge in [-0.25, -0.2) is 0 Å². The highest BCUT2D eigenvalue weighted by Gasteiger charge is 2.33. The normalized spacial score (nSPS) is 20.1. The topological polar surface area (TPSA) is 43.4 Å². The van der Waals surface area contributed by atoms with Crippen LogP contribution in [0.4, 0.5) is 0 Å². The van der Waals surface area contributed by atoms with Crippen LogP contribution in [0, 0.1) is 11.8 Å². The highest BCUT2D eigenvalue weighted by Crippen LogP contribution is 2.31. The summed E-state index contributed by atoms with van der Waals surface area (Å²) in [6, 6.07) is 0. The van der Waals surface area contributed by atoms with E-state index in [-0.39, 0.29) is 17.7 Å². The predicted octanol–water partition coefficient (Wildman–Crippen LogP) is 1.94. The Morgan fingerprint density at radius 3 is 2.21 bits per heavy atom. The second-order valence-electron chi connectivity index (χ2n) is 4.01. The summed E-state index contributed by atoms with van der Waals surface area (Å²) in [5.41, 5.74) is 0. The first-order valence-corrected chi connectivity index (χ1v) is 5.25. The molecule has 0 amide bonds. The second-order valence-corrected chi connectivity index (χ2v) is 4.01. The molecule has 0 aromatic carbocycles. The summed E-state index contributed by atoms with van der Waals surface area (Å²) >= 11 is 0. The van der Waals surface area contributed by atoms with Crippen LogP contribution in [0.1, 0.15) is 39.0 Å². The standard InChI is InChI=1S/C11H18O3/c1-8(12)10(11(13)14-2)9-6-4-3-5-7-9/h9-10H,3-7H2,1-2H3. The zero-order chi connectivity index (χ0) is 10.6. The largest absolute Gasteiger partial charge is 0.468 e. The molecule has 80 valence electrons. The summed E-state index contributed by atoms with van der Waals surface area (Å²) in [6.45, 7) is 1.48. The Hall–Kier alpha value is -0.860. The van der Waals surface area contributed by atoms with E-state index in [1.165, 1.54) is 20.5 Å². The molecule has 0 aromatic rings. The molecule has 1 aliphatic rings. The molecule has 0 heterocycles. The van der Waals surface area contributed by atoms with E-state index >= 15 is 0 Å². The molecule has 1 aliphatic carbocycles. The zero-order valence-electron chi connectivity index (χ0n) is 8.91. The van der Waals surface area contributed by atoms with Crippen molar-refractivity contribution in [3.63, 3.8) is 0 Å². The average molecular weight is 198 g/mol. The highest BCUT2D eigenvalue weighted by atomic mass is 16.5. The Balaban J connectivity index is 2.65. The van der Waals surface area contributed by atoms with E-state index in [0.717, 1.165) is 25.7 Å². The van der Waals surface area contributed by atoms with Crippen LogP contribution in [0.5, 0.6) is 0 Å². The first kappa shape index (κ1) is 11.2. The van der Waals surface area contributed by atoms with Gasteiger partial charge in [0.25, 0.3) is 0 Å². The molecule has 14 heavy (non-hydrogen) atoms. The van der Waals surface area contributed by atoms with Crippen LogP contribution in [-0.4, -0.2) is 18.9 Å². The second kappa shape index (κ2) is 5.13. The molecule has 1 fully saturated rings. The lowest BCUT2D eigenvalue weighted by Crippen LogP contribution is -2.32. The molecule has 0 aromatic heterocycles. The summed E-state index contributed by atoms with van der Waals surface area (Å²) in [6.07, 6.45) is 5.46. The lowest BCUT2D eigenvalue weighted by molar-refractivity contribution is -0.151. The Morgan fingerprint density at radius 2 is 1.79 bits per heavy atom. The van der Waals surface area contributed by atoms with E-state index in [9.17, 15) is 9.59 Å². The molecule has 0 saturated heterocycles. The Kier molecular flexibility index (Phi) is 4.11. The van der Waals surface area contributed by atoms with Crippen molar-refractivity contribution in [1.29, 1.82) is 0 Å². The lowest BCUT2D eigenvalue weighted by Gasteiger charge is -2.26. The quantitative estimate of drug-likeness (QED) is 0.514. The number of carbonyl (C=O) groups excluding carboxylic acids is 2. The molecule has 0 aliphatic heterocycles. The number of rotatable bonds is 3. The van der Waals surface area contributed by atoms with E-state index in [1.54, 1.807) is 0 Å². The third kappa shape index (κ3) is 2.56. The van der Waals surface area contributed by atoms with Gasteiger partial charge in [0.15, 0.2) is 0 Å². The molecule has 0 bridgehead atoms. The highest BCUT2D eigenvalue weighted by molar-refractivity contribution is 5.98. The van der Waals surface area contributed by atoms with Gasteiger partial charge in [-0.15, -0.1) is 0 Å². The van der Waals surface area contributed by atoms with Gasteiger partial charge in [0.05, 0.1) is 7.11 Å². The zero-order valence-corrected chi connectivity index (χ0v) is 8.91. The van der Waals surface area contributed by atoms with Gasteiger partial charge in [0.1, 0.15) is 11.7 Å². The first-order valence-electron chi connectivity index (χ1n) is 5.25. The number of esters is 1. The van der Waals surface area contributed by atoms with Crippen LogP contribution in [0.2, 0.25) is 0 Å². The molecular weight excluding hydrogens is 180 g/mol. The van der Waals surface area contributed by atoms with E-state index < -0.39 is 5.92 Å². The van der Waals surface area contributed by atoms with Crippen LogP contribution in [-0.2, 0) is 14.3 Å². The molecule has 3 heteroatoms. The van der Waals surface area contributed by atoms with Gasteiger partial charge in [0.2, 0.25) is 0 Å². The van der Waals surface area contributed by atoms with Crippen molar-refractivity contribution in [3.8, 4) is 0 Å². The first-order chi connectivity index (χ1) is 6.66. The monoisotopic (exact) mass is 198 g/mol. The van der Waals surface area contributed by atoms with E-state index in [1.807, 2.05) is 0 Å². The number of methoxy groups -OCH3 is 1. The molecule has 1 unspecified atom stereocenters. The smallest absolute Gasteiger partial charge is 0.316 e. The van der Waals surface area contributed by atoms with Gasteiger partial charge in [-0.2, -0.15) is 0 Å². The van der Waals surface area contributed by atoms with Gasteiger partial charge >= 0.3 is 5.97 Å². The Morgan fingerprint density at radius 1 is 1.21 bits per heavy atom. The van der Waals surface area contributed by atoms with Crippen LogP contribution < -0.4 is 0 Å². The minimum Gasteiger partial charge on any atom is -0.468 e. The van der Waals surface area contributed by atoms with Crippen LogP contribution in [0.3, 0.4) is 0 Å². The van der Waals surface area contributed by atoms with Gasteiger partial charge in [0, 0.05) is 0 Å². The van der Waals surface area contributed by atoms with Gasteiger partial charge in [-0.1, -0.05) is 19.3 Å². The fraction of sp³-hybridized carbons (Fsp3) is 0.818. The molecule has 0 N–H and O–H groups in total. The van der Waals surface area contributed by atoms with Gasteiger partial charge in [-0.3, -0.25) is 9.59 Å². The summed E-state index contributed by atoms with van der Waals surface area (Å²) in [4.78, 5) is 22.8. The minimum atomic E-state index is -0.514. The summed E-state index contributed by atoms with van der Waals surface area (Å²) < 4.78 is 4.67. The third-order valence-electron chi connectivity index (χ3n) is 3.01. The van der Waals surface area contributed by atoms with E-state index in [4.69, 9.17) is 0 Å². The fourth-order valence-corrected chi connectivity index (χ4v) is 2.28. The SMILES string of the molecule is COC(=O)C(C(C)=O)C1CCCCC1. The summed E-state index contributed by atoms with van der Waals surface area (Å²) in [5, 5.41) is 0. The molecule has 1 rings (SSSR count). The van der Waals surface area contributed by atoms with Crippen LogP contribution in [0.15, 0.2) is 0 Å². The number of hydrogen-bond donors (Lipinski definition) is 0. The average Bonchev–Trinajstić information content (AvgIpc) is 2.19. The van der Waals surface area contributed by atoms with E-state index in [2.05, 4.69) is 4.74 Å². The van der Waals surface area contributed by atoms with E-state index in [0.29, 0.717) is 0 Å². The predicted molar refractivity (Wildman–Crippen MR) is 52.8 cm³/mol. The molecule has 0 spiro atoms. The third-order valence-corrected chi connectivity index (χ3v) is 3.01. The Bertz CT molecular complexity index is 217. The molecule has 1 atom stereocenters. The maximum atomic E-state index is 11.4. The molecular formula is C11H18O3. The van der Waals surface area contributed by atoms with Crippen LogP contribution >= 0.6 is 0 Å². The van der Waals surface area contributed by atoms with Crippen molar-refractivity contribution in [1.82, 2.24) is 0 Å². The van der Waals surface area contributed by atoms with Crippen LogP contribution in [0.25, 0.3) is 0 Å². The van der Waals surface area contributed by atoms with Gasteiger partial charge in [-0.05, 0) is 25.7 Å². The van der Waals surface area contributed by atoms with Crippen molar-refractivity contribution >= 4 is 11.8 Å². The summed E-state index contributed by atoms with van der Waals surface area (Å²) in [5.74, 6) is -0.706. The summed E-state index contributed by atoms with van der Waals surface area (Å²) in [7, 11) is 1.35. The number of ether oxygens (including phenoxy) is 1. The number of Topliss-reactive ketones (excluding diaryl/α,β-unsaturated/α-hetero) is 1.